The topological polar surface area (TPSA) is 29.9 Å². The van der Waals surface area contributed by atoms with E-state index in [0.29, 0.717) is 10.0 Å². The van der Waals surface area contributed by atoms with Crippen molar-refractivity contribution < 1.29 is 0 Å². The molecule has 0 spiro atoms. The van der Waals surface area contributed by atoms with Gasteiger partial charge in [-0.3, -0.25) is 0 Å². The molecule has 0 aliphatic carbocycles. The molecule has 0 unspecified atom stereocenters. The number of nitrogens with zero attached hydrogens (tertiary/aromatic N) is 2. The normalized spacial score (nSPS) is 10.8. The Labute approximate surface area is 110 Å². The molecule has 0 aliphatic heterocycles. The van der Waals surface area contributed by atoms with Crippen molar-refractivity contribution in [3.05, 3.63) is 45.7 Å². The zero-order valence-electron chi connectivity index (χ0n) is 9.67. The Balaban J connectivity index is 2.39. The quantitative estimate of drug-likeness (QED) is 0.928. The number of hydrogen-bond donors (Lipinski definition) is 1. The van der Waals surface area contributed by atoms with E-state index in [0.717, 1.165) is 23.5 Å². The van der Waals surface area contributed by atoms with Crippen molar-refractivity contribution in [2.24, 2.45) is 0 Å². The zero-order chi connectivity index (χ0) is 12.4. The van der Waals surface area contributed by atoms with Crippen LogP contribution in [0, 0.1) is 6.92 Å². The van der Waals surface area contributed by atoms with Crippen LogP contribution in [0.2, 0.25) is 10.0 Å². The van der Waals surface area contributed by atoms with Gasteiger partial charge in [-0.2, -0.15) is 5.10 Å². The fraction of sp³-hybridized carbons (Fsp3) is 0.250. The number of aromatic nitrogens is 2. The molecule has 2 aromatic rings. The fourth-order valence-electron chi connectivity index (χ4n) is 1.61. The molecule has 3 nitrogen and oxygen atoms in total. The number of aryl methyl sites for hydroxylation is 1. The molecule has 17 heavy (non-hydrogen) atoms. The Hall–Kier alpha value is -1.03. The number of nitrogens with one attached hydrogen (secondary N) is 1. The first-order valence-corrected chi connectivity index (χ1v) is 6.02. The highest BCUT2D eigenvalue weighted by Gasteiger charge is 2.08. The SMILES string of the molecule is CNCc1ccc(-n2cc(Cl)c(C)n2)c(Cl)c1. The monoisotopic (exact) mass is 269 g/mol. The fourth-order valence-corrected chi connectivity index (χ4v) is 2.03. The molecule has 1 aromatic carbocycles. The standard InChI is InChI=1S/C12H13Cl2N3/c1-8-11(14)7-17(16-8)12-4-3-9(6-15-2)5-10(12)13/h3-5,7,15H,6H2,1-2H3. The van der Waals surface area contributed by atoms with Crippen LogP contribution in [0.25, 0.3) is 5.69 Å². The Morgan fingerprint density at radius 1 is 1.29 bits per heavy atom. The average molecular weight is 270 g/mol. The molecular weight excluding hydrogens is 257 g/mol. The molecule has 1 N–H and O–H groups in total. The van der Waals surface area contributed by atoms with Crippen LogP contribution in [0.15, 0.2) is 24.4 Å². The predicted molar refractivity (Wildman–Crippen MR) is 71.1 cm³/mol. The smallest absolute Gasteiger partial charge is 0.0832 e. The van der Waals surface area contributed by atoms with Crippen molar-refractivity contribution in [3.8, 4) is 5.69 Å². The van der Waals surface area contributed by atoms with Gasteiger partial charge in [-0.05, 0) is 31.7 Å². The molecule has 0 saturated heterocycles. The predicted octanol–water partition coefficient (Wildman–Crippen LogP) is 3.21. The number of hydrogen-bond acceptors (Lipinski definition) is 2. The number of benzene rings is 1. The minimum atomic E-state index is 0.639. The van der Waals surface area contributed by atoms with Crippen LogP contribution in [0.1, 0.15) is 11.3 Å². The van der Waals surface area contributed by atoms with Gasteiger partial charge in [-0.15, -0.1) is 0 Å². The summed E-state index contributed by atoms with van der Waals surface area (Å²) in [7, 11) is 1.90. The van der Waals surface area contributed by atoms with Gasteiger partial charge in [0.1, 0.15) is 0 Å². The summed E-state index contributed by atoms with van der Waals surface area (Å²) in [6.45, 7) is 2.65. The largest absolute Gasteiger partial charge is 0.316 e. The van der Waals surface area contributed by atoms with Crippen LogP contribution in [0.4, 0.5) is 0 Å². The van der Waals surface area contributed by atoms with E-state index in [9.17, 15) is 0 Å². The van der Waals surface area contributed by atoms with Gasteiger partial charge in [0.25, 0.3) is 0 Å². The molecule has 5 heteroatoms. The van der Waals surface area contributed by atoms with Crippen LogP contribution >= 0.6 is 23.2 Å². The summed E-state index contributed by atoms with van der Waals surface area (Å²) in [4.78, 5) is 0. The molecule has 0 amide bonds. The molecule has 0 radical (unpaired) electrons. The lowest BCUT2D eigenvalue weighted by Gasteiger charge is -2.06. The number of halogens is 2. The molecule has 90 valence electrons. The van der Waals surface area contributed by atoms with Gasteiger partial charge < -0.3 is 5.32 Å². The summed E-state index contributed by atoms with van der Waals surface area (Å²) in [6, 6.07) is 5.89. The molecule has 2 rings (SSSR count). The lowest BCUT2D eigenvalue weighted by atomic mass is 10.2. The Kier molecular flexibility index (Phi) is 3.72. The van der Waals surface area contributed by atoms with Crippen LogP contribution in [0.3, 0.4) is 0 Å². The second-order valence-electron chi connectivity index (χ2n) is 3.82. The third-order valence-corrected chi connectivity index (χ3v) is 3.15. The van der Waals surface area contributed by atoms with Gasteiger partial charge in [-0.1, -0.05) is 29.3 Å². The molecular formula is C12H13Cl2N3. The second-order valence-corrected chi connectivity index (χ2v) is 4.64. The summed E-state index contributed by atoms with van der Waals surface area (Å²) >= 11 is 12.2. The van der Waals surface area contributed by atoms with E-state index >= 15 is 0 Å². The van der Waals surface area contributed by atoms with Crippen molar-refractivity contribution in [2.75, 3.05) is 7.05 Å². The van der Waals surface area contributed by atoms with Crippen molar-refractivity contribution in [3.63, 3.8) is 0 Å². The highest BCUT2D eigenvalue weighted by Crippen LogP contribution is 2.24. The lowest BCUT2D eigenvalue weighted by Crippen LogP contribution is -2.05. The first kappa shape index (κ1) is 12.4. The van der Waals surface area contributed by atoms with E-state index in [2.05, 4.69) is 10.4 Å². The van der Waals surface area contributed by atoms with Crippen molar-refractivity contribution in [1.29, 1.82) is 0 Å². The van der Waals surface area contributed by atoms with Crippen molar-refractivity contribution >= 4 is 23.2 Å². The first-order valence-electron chi connectivity index (χ1n) is 5.27. The summed E-state index contributed by atoms with van der Waals surface area (Å²) in [5.41, 5.74) is 2.76. The zero-order valence-corrected chi connectivity index (χ0v) is 11.2. The van der Waals surface area contributed by atoms with Gasteiger partial charge in [-0.25, -0.2) is 4.68 Å². The molecule has 0 fully saturated rings. The molecule has 0 atom stereocenters. The summed E-state index contributed by atoms with van der Waals surface area (Å²) in [5, 5.41) is 8.69. The third kappa shape index (κ3) is 2.63. The van der Waals surface area contributed by atoms with Gasteiger partial charge in [0.2, 0.25) is 0 Å². The van der Waals surface area contributed by atoms with Crippen LogP contribution in [-0.4, -0.2) is 16.8 Å². The Morgan fingerprint density at radius 2 is 2.06 bits per heavy atom. The van der Waals surface area contributed by atoms with E-state index in [1.54, 1.807) is 10.9 Å². The highest BCUT2D eigenvalue weighted by molar-refractivity contribution is 6.32. The molecule has 0 saturated carbocycles. The Morgan fingerprint density at radius 3 is 2.59 bits per heavy atom. The second kappa shape index (κ2) is 5.08. The van der Waals surface area contributed by atoms with Crippen LogP contribution in [-0.2, 0) is 6.54 Å². The first-order chi connectivity index (χ1) is 8.11. The van der Waals surface area contributed by atoms with Gasteiger partial charge in [0.15, 0.2) is 0 Å². The van der Waals surface area contributed by atoms with E-state index < -0.39 is 0 Å². The molecule has 1 aromatic heterocycles. The maximum Gasteiger partial charge on any atom is 0.0832 e. The van der Waals surface area contributed by atoms with Gasteiger partial charge in [0.05, 0.1) is 21.4 Å². The maximum absolute atomic E-state index is 6.23. The van der Waals surface area contributed by atoms with Crippen LogP contribution in [0.5, 0.6) is 0 Å². The number of rotatable bonds is 3. The minimum Gasteiger partial charge on any atom is -0.316 e. The van der Waals surface area contributed by atoms with E-state index in [4.69, 9.17) is 23.2 Å². The van der Waals surface area contributed by atoms with Crippen LogP contribution < -0.4 is 5.32 Å². The summed E-state index contributed by atoms with van der Waals surface area (Å²) in [6.07, 6.45) is 1.76. The third-order valence-electron chi connectivity index (χ3n) is 2.48. The highest BCUT2D eigenvalue weighted by atomic mass is 35.5. The summed E-state index contributed by atoms with van der Waals surface area (Å²) < 4.78 is 1.70. The van der Waals surface area contributed by atoms with E-state index in [1.165, 1.54) is 0 Å². The maximum atomic E-state index is 6.23. The average Bonchev–Trinajstić information content (AvgIpc) is 2.59. The molecule has 1 heterocycles. The van der Waals surface area contributed by atoms with Crippen molar-refractivity contribution in [2.45, 2.75) is 13.5 Å². The van der Waals surface area contributed by atoms with Gasteiger partial charge in [0, 0.05) is 12.7 Å². The summed E-state index contributed by atoms with van der Waals surface area (Å²) in [5.74, 6) is 0. The van der Waals surface area contributed by atoms with E-state index in [-0.39, 0.29) is 0 Å². The molecule has 0 aliphatic rings. The Bertz CT molecular complexity index is 515. The van der Waals surface area contributed by atoms with Gasteiger partial charge >= 0.3 is 0 Å². The minimum absolute atomic E-state index is 0.639. The molecule has 0 bridgehead atoms. The lowest BCUT2D eigenvalue weighted by molar-refractivity contribution is 0.814. The van der Waals surface area contributed by atoms with E-state index in [1.807, 2.05) is 32.2 Å². The van der Waals surface area contributed by atoms with Crippen molar-refractivity contribution in [1.82, 2.24) is 15.1 Å².